The van der Waals surface area contributed by atoms with Crippen molar-refractivity contribution < 1.29 is 14.3 Å². The second-order valence-electron chi connectivity index (χ2n) is 6.98. The van der Waals surface area contributed by atoms with E-state index in [0.29, 0.717) is 12.8 Å². The minimum Gasteiger partial charge on any atom is -0.444 e. The maximum absolute atomic E-state index is 12.5. The third kappa shape index (κ3) is 4.36. The fourth-order valence-corrected chi connectivity index (χ4v) is 2.51. The van der Waals surface area contributed by atoms with Crippen molar-refractivity contribution in [3.8, 4) is 0 Å². The smallest absolute Gasteiger partial charge is 0.408 e. The van der Waals surface area contributed by atoms with Crippen molar-refractivity contribution in [2.75, 3.05) is 0 Å². The number of hydrogen-bond donors (Lipinski definition) is 1. The van der Waals surface area contributed by atoms with Crippen LogP contribution in [0.3, 0.4) is 0 Å². The molecule has 4 heteroatoms. The second kappa shape index (κ2) is 5.98. The zero-order valence-electron chi connectivity index (χ0n) is 13.3. The number of nitrogens with one attached hydrogen (secondary N) is 1. The van der Waals surface area contributed by atoms with Crippen LogP contribution in [0.1, 0.15) is 60.3 Å². The molecule has 0 unspecified atom stereocenters. The van der Waals surface area contributed by atoms with Gasteiger partial charge in [-0.2, -0.15) is 0 Å². The van der Waals surface area contributed by atoms with Crippen LogP contribution in [0.2, 0.25) is 0 Å². The van der Waals surface area contributed by atoms with Gasteiger partial charge in [0.1, 0.15) is 11.1 Å². The number of alkyl carbamates (subject to hydrolysis) is 1. The van der Waals surface area contributed by atoms with Gasteiger partial charge in [0.25, 0.3) is 0 Å². The largest absolute Gasteiger partial charge is 0.444 e. The van der Waals surface area contributed by atoms with Crippen LogP contribution in [-0.2, 0) is 9.53 Å². The van der Waals surface area contributed by atoms with Crippen molar-refractivity contribution in [3.05, 3.63) is 12.2 Å². The van der Waals surface area contributed by atoms with Gasteiger partial charge in [-0.25, -0.2) is 4.79 Å². The lowest BCUT2D eigenvalue weighted by Gasteiger charge is -2.38. The predicted octanol–water partition coefficient (Wildman–Crippen LogP) is 3.61. The summed E-state index contributed by atoms with van der Waals surface area (Å²) in [5.74, 6) is -0.0350. The molecule has 114 valence electrons. The summed E-state index contributed by atoms with van der Waals surface area (Å²) in [5.41, 5.74) is -0.217. The summed E-state index contributed by atoms with van der Waals surface area (Å²) in [4.78, 5) is 24.6. The molecule has 1 N–H and O–H groups in total. The quantitative estimate of drug-likeness (QED) is 0.804. The van der Waals surface area contributed by atoms with Crippen molar-refractivity contribution >= 4 is 11.9 Å². The van der Waals surface area contributed by atoms with Crippen LogP contribution >= 0.6 is 0 Å². The Morgan fingerprint density at radius 1 is 1.25 bits per heavy atom. The van der Waals surface area contributed by atoms with E-state index in [2.05, 4.69) is 11.9 Å². The SMILES string of the molecule is C=C1CCC(NC(=O)OC(C)(C)C)(C(=O)C(C)C)CC1. The van der Waals surface area contributed by atoms with Crippen molar-refractivity contribution in [1.29, 1.82) is 0 Å². The summed E-state index contributed by atoms with van der Waals surface area (Å²) >= 11 is 0. The molecule has 0 bridgehead atoms. The number of carbonyl (C=O) groups excluding carboxylic acids is 2. The summed E-state index contributed by atoms with van der Waals surface area (Å²) in [7, 11) is 0. The van der Waals surface area contributed by atoms with E-state index in [4.69, 9.17) is 4.74 Å². The van der Waals surface area contributed by atoms with Gasteiger partial charge in [0, 0.05) is 5.92 Å². The molecule has 0 radical (unpaired) electrons. The second-order valence-corrected chi connectivity index (χ2v) is 6.98. The van der Waals surface area contributed by atoms with Crippen LogP contribution in [0, 0.1) is 5.92 Å². The molecule has 0 saturated heterocycles. The monoisotopic (exact) mass is 281 g/mol. The number of rotatable bonds is 3. The third-order valence-corrected chi connectivity index (χ3v) is 3.55. The lowest BCUT2D eigenvalue weighted by Crippen LogP contribution is -2.57. The fourth-order valence-electron chi connectivity index (χ4n) is 2.51. The number of Topliss-reactive ketones (excluding diaryl/α,β-unsaturated/α-hetero) is 1. The summed E-state index contributed by atoms with van der Waals surface area (Å²) in [6.45, 7) is 13.1. The Labute approximate surface area is 122 Å². The number of ether oxygens (including phenoxy) is 1. The van der Waals surface area contributed by atoms with Gasteiger partial charge in [0.05, 0.1) is 0 Å². The molecule has 1 amide bonds. The Morgan fingerprint density at radius 3 is 2.15 bits per heavy atom. The number of allylic oxidation sites excluding steroid dienone is 1. The lowest BCUT2D eigenvalue weighted by atomic mass is 9.74. The minimum atomic E-state index is -0.794. The highest BCUT2D eigenvalue weighted by atomic mass is 16.6. The maximum atomic E-state index is 12.5. The van der Waals surface area contributed by atoms with E-state index in [1.165, 1.54) is 0 Å². The van der Waals surface area contributed by atoms with E-state index < -0.39 is 17.2 Å². The molecule has 0 aliphatic heterocycles. The summed E-state index contributed by atoms with van der Waals surface area (Å²) in [6.07, 6.45) is 2.26. The van der Waals surface area contributed by atoms with Gasteiger partial charge in [0.15, 0.2) is 5.78 Å². The van der Waals surface area contributed by atoms with E-state index in [-0.39, 0.29) is 11.7 Å². The number of ketones is 1. The van der Waals surface area contributed by atoms with Gasteiger partial charge in [-0.3, -0.25) is 4.79 Å². The van der Waals surface area contributed by atoms with E-state index in [1.54, 1.807) is 0 Å². The molecule has 0 spiro atoms. The van der Waals surface area contributed by atoms with Crippen molar-refractivity contribution in [2.45, 2.75) is 71.4 Å². The van der Waals surface area contributed by atoms with Crippen LogP contribution in [0.25, 0.3) is 0 Å². The zero-order valence-corrected chi connectivity index (χ0v) is 13.3. The van der Waals surface area contributed by atoms with Gasteiger partial charge in [0.2, 0.25) is 0 Å². The van der Waals surface area contributed by atoms with E-state index in [1.807, 2.05) is 34.6 Å². The molecule has 1 saturated carbocycles. The molecule has 0 aromatic rings. The van der Waals surface area contributed by atoms with Gasteiger partial charge in [-0.15, -0.1) is 0 Å². The lowest BCUT2D eigenvalue weighted by molar-refractivity contribution is -0.129. The van der Waals surface area contributed by atoms with Gasteiger partial charge < -0.3 is 10.1 Å². The Bertz CT molecular complexity index is 394. The first-order chi connectivity index (χ1) is 9.06. The van der Waals surface area contributed by atoms with Crippen LogP contribution in [0.5, 0.6) is 0 Å². The third-order valence-electron chi connectivity index (χ3n) is 3.55. The van der Waals surface area contributed by atoms with Crippen molar-refractivity contribution in [1.82, 2.24) is 5.32 Å². The van der Waals surface area contributed by atoms with Crippen molar-refractivity contribution in [3.63, 3.8) is 0 Å². The highest BCUT2D eigenvalue weighted by molar-refractivity contribution is 5.93. The Balaban J connectivity index is 2.87. The van der Waals surface area contributed by atoms with Crippen LogP contribution in [-0.4, -0.2) is 23.0 Å². The minimum absolute atomic E-state index is 0.0795. The molecular formula is C16H27NO3. The number of amides is 1. The first kappa shape index (κ1) is 16.7. The summed E-state index contributed by atoms with van der Waals surface area (Å²) < 4.78 is 5.30. The first-order valence-electron chi connectivity index (χ1n) is 7.28. The summed E-state index contributed by atoms with van der Waals surface area (Å²) in [6, 6.07) is 0. The van der Waals surface area contributed by atoms with Crippen LogP contribution in [0.4, 0.5) is 4.79 Å². The molecule has 0 aromatic heterocycles. The first-order valence-corrected chi connectivity index (χ1v) is 7.28. The van der Waals surface area contributed by atoms with Gasteiger partial charge in [-0.05, 0) is 46.5 Å². The maximum Gasteiger partial charge on any atom is 0.408 e. The molecule has 4 nitrogen and oxygen atoms in total. The van der Waals surface area contributed by atoms with E-state index in [0.717, 1.165) is 18.4 Å². The molecule has 0 aromatic carbocycles. The fraction of sp³-hybridized carbons (Fsp3) is 0.750. The Morgan fingerprint density at radius 2 is 1.75 bits per heavy atom. The average Bonchev–Trinajstić information content (AvgIpc) is 2.29. The number of hydrogen-bond acceptors (Lipinski definition) is 3. The van der Waals surface area contributed by atoms with Gasteiger partial charge >= 0.3 is 6.09 Å². The molecule has 20 heavy (non-hydrogen) atoms. The van der Waals surface area contributed by atoms with Crippen LogP contribution < -0.4 is 5.32 Å². The molecule has 1 aliphatic rings. The topological polar surface area (TPSA) is 55.4 Å². The molecule has 0 heterocycles. The molecule has 1 aliphatic carbocycles. The van der Waals surface area contributed by atoms with E-state index in [9.17, 15) is 9.59 Å². The highest BCUT2D eigenvalue weighted by Crippen LogP contribution is 2.33. The highest BCUT2D eigenvalue weighted by Gasteiger charge is 2.43. The van der Waals surface area contributed by atoms with E-state index >= 15 is 0 Å². The normalized spacial score (nSPS) is 18.8. The van der Waals surface area contributed by atoms with Gasteiger partial charge in [-0.1, -0.05) is 26.0 Å². The Kier molecular flexibility index (Phi) is 5.00. The molecule has 1 fully saturated rings. The van der Waals surface area contributed by atoms with Crippen molar-refractivity contribution in [2.24, 2.45) is 5.92 Å². The molecular weight excluding hydrogens is 254 g/mol. The standard InChI is InChI=1S/C16H27NO3/c1-11(2)13(18)16(9-7-12(3)8-10-16)17-14(19)20-15(4,5)6/h11H,3,7-10H2,1-2,4-6H3,(H,17,19). The summed E-state index contributed by atoms with van der Waals surface area (Å²) in [5, 5.41) is 2.84. The molecule has 0 atom stereocenters. The average molecular weight is 281 g/mol. The number of carbonyl (C=O) groups is 2. The molecule has 1 rings (SSSR count). The Hall–Kier alpha value is -1.32. The zero-order chi connectivity index (χ0) is 15.6. The van der Waals surface area contributed by atoms with Crippen LogP contribution in [0.15, 0.2) is 12.2 Å². The predicted molar refractivity (Wildman–Crippen MR) is 79.6 cm³/mol.